The maximum Gasteiger partial charge on any atom is 0.373 e. The van der Waals surface area contributed by atoms with E-state index >= 15 is 0 Å². The van der Waals surface area contributed by atoms with Gasteiger partial charge in [0.15, 0.2) is 0 Å². The minimum Gasteiger partial charge on any atom is -0.490 e. The highest BCUT2D eigenvalue weighted by Crippen LogP contribution is 2.13. The van der Waals surface area contributed by atoms with E-state index in [0.29, 0.717) is 5.75 Å². The van der Waals surface area contributed by atoms with Crippen molar-refractivity contribution in [2.24, 2.45) is 0 Å². The number of carbonyl (C=O) groups is 1. The summed E-state index contributed by atoms with van der Waals surface area (Å²) < 4.78 is 15.8. The molecule has 0 amide bonds. The van der Waals surface area contributed by atoms with Crippen LogP contribution >= 0.6 is 0 Å². The van der Waals surface area contributed by atoms with Crippen molar-refractivity contribution in [2.45, 2.75) is 6.92 Å². The highest BCUT2D eigenvalue weighted by atomic mass is 16.6. The predicted molar refractivity (Wildman–Crippen MR) is 83.8 cm³/mol. The Morgan fingerprint density at radius 1 is 0.955 bits per heavy atom. The number of hydrogen-bond acceptors (Lipinski definition) is 4. The number of carbonyl (C=O) groups excluding carboxylic acids is 1. The van der Waals surface area contributed by atoms with Gasteiger partial charge in [0.2, 0.25) is 5.76 Å². The Hall–Kier alpha value is -2.75. The van der Waals surface area contributed by atoms with Crippen LogP contribution in [0.2, 0.25) is 0 Å². The summed E-state index contributed by atoms with van der Waals surface area (Å²) in [5.74, 6) is 0.624. The van der Waals surface area contributed by atoms with Gasteiger partial charge in [0.1, 0.15) is 24.7 Å². The van der Waals surface area contributed by atoms with E-state index in [2.05, 4.69) is 6.58 Å². The van der Waals surface area contributed by atoms with Crippen molar-refractivity contribution in [3.63, 3.8) is 0 Å². The van der Waals surface area contributed by atoms with Gasteiger partial charge in [-0.1, -0.05) is 35.9 Å². The number of esters is 1. The van der Waals surface area contributed by atoms with Crippen LogP contribution in [0.25, 0.3) is 0 Å². The fourth-order valence-electron chi connectivity index (χ4n) is 1.68. The molecule has 0 aromatic heterocycles. The molecule has 0 saturated heterocycles. The summed E-state index contributed by atoms with van der Waals surface area (Å²) in [6.07, 6.45) is 0. The lowest BCUT2D eigenvalue weighted by Gasteiger charge is -2.09. The Bertz CT molecular complexity index is 617. The molecule has 0 aliphatic carbocycles. The molecule has 0 aliphatic rings. The summed E-state index contributed by atoms with van der Waals surface area (Å²) in [4.78, 5) is 11.7. The summed E-state index contributed by atoms with van der Waals surface area (Å²) in [7, 11) is 0. The van der Waals surface area contributed by atoms with Crippen molar-refractivity contribution in [1.29, 1.82) is 0 Å². The van der Waals surface area contributed by atoms with E-state index < -0.39 is 5.97 Å². The molecule has 0 atom stereocenters. The highest BCUT2D eigenvalue weighted by Gasteiger charge is 2.10. The third-order valence-electron chi connectivity index (χ3n) is 2.82. The maximum absolute atomic E-state index is 11.7. The zero-order valence-corrected chi connectivity index (χ0v) is 12.5. The number of para-hydroxylation sites is 1. The Labute approximate surface area is 129 Å². The Balaban J connectivity index is 1.69. The third kappa shape index (κ3) is 4.98. The fraction of sp³-hybridized carbons (Fsp3) is 0.167. The molecule has 0 radical (unpaired) electrons. The molecule has 0 aliphatic heterocycles. The van der Waals surface area contributed by atoms with E-state index in [0.717, 1.165) is 11.3 Å². The van der Waals surface area contributed by atoms with Crippen molar-refractivity contribution in [3.8, 4) is 11.5 Å². The average molecular weight is 298 g/mol. The minimum absolute atomic E-state index is 0.0541. The van der Waals surface area contributed by atoms with Gasteiger partial charge in [0.05, 0.1) is 0 Å². The largest absolute Gasteiger partial charge is 0.490 e. The van der Waals surface area contributed by atoms with Crippen LogP contribution in [0.1, 0.15) is 5.56 Å². The number of aryl methyl sites for hydroxylation is 1. The van der Waals surface area contributed by atoms with Crippen LogP contribution in [-0.4, -0.2) is 19.2 Å². The van der Waals surface area contributed by atoms with Crippen LogP contribution in [0.4, 0.5) is 0 Å². The SMILES string of the molecule is C=C(Oc1ccccc1)C(=O)OCCOc1ccc(C)cc1. The van der Waals surface area contributed by atoms with Crippen molar-refractivity contribution in [2.75, 3.05) is 13.2 Å². The first-order valence-electron chi connectivity index (χ1n) is 6.93. The zero-order chi connectivity index (χ0) is 15.8. The van der Waals surface area contributed by atoms with Gasteiger partial charge >= 0.3 is 5.97 Å². The maximum atomic E-state index is 11.7. The monoisotopic (exact) mass is 298 g/mol. The molecule has 0 N–H and O–H groups in total. The molecule has 0 bridgehead atoms. The molecule has 0 saturated carbocycles. The van der Waals surface area contributed by atoms with E-state index in [9.17, 15) is 4.79 Å². The quantitative estimate of drug-likeness (QED) is 0.339. The molecule has 4 nitrogen and oxygen atoms in total. The lowest BCUT2D eigenvalue weighted by atomic mass is 10.2. The van der Waals surface area contributed by atoms with Gasteiger partial charge in [-0.2, -0.15) is 0 Å². The van der Waals surface area contributed by atoms with Gasteiger partial charge in [-0.05, 0) is 37.8 Å². The molecule has 0 spiro atoms. The summed E-state index contributed by atoms with van der Waals surface area (Å²) >= 11 is 0. The standard InChI is InChI=1S/C18H18O4/c1-14-8-10-16(11-9-14)20-12-13-21-18(19)15(2)22-17-6-4-3-5-7-17/h3-11H,2,12-13H2,1H3. The molecule has 0 heterocycles. The second-order valence-corrected chi connectivity index (χ2v) is 4.64. The van der Waals surface area contributed by atoms with Crippen LogP contribution in [0.3, 0.4) is 0 Å². The first-order chi connectivity index (χ1) is 10.6. The molecule has 2 aromatic rings. The Morgan fingerprint density at radius 2 is 1.64 bits per heavy atom. The first kappa shape index (κ1) is 15.6. The van der Waals surface area contributed by atoms with E-state index in [1.807, 2.05) is 49.4 Å². The lowest BCUT2D eigenvalue weighted by molar-refractivity contribution is -0.142. The van der Waals surface area contributed by atoms with E-state index in [1.54, 1.807) is 12.1 Å². The van der Waals surface area contributed by atoms with Crippen molar-refractivity contribution in [1.82, 2.24) is 0 Å². The van der Waals surface area contributed by atoms with Crippen LogP contribution in [-0.2, 0) is 9.53 Å². The number of hydrogen-bond donors (Lipinski definition) is 0. The summed E-state index contributed by atoms with van der Waals surface area (Å²) in [6.45, 7) is 5.96. The van der Waals surface area contributed by atoms with Gasteiger partial charge < -0.3 is 14.2 Å². The van der Waals surface area contributed by atoms with E-state index in [1.165, 1.54) is 0 Å². The van der Waals surface area contributed by atoms with Crippen LogP contribution < -0.4 is 9.47 Å². The van der Waals surface area contributed by atoms with Crippen molar-refractivity contribution < 1.29 is 19.0 Å². The molecule has 4 heteroatoms. The number of rotatable bonds is 7. The van der Waals surface area contributed by atoms with Gasteiger partial charge in [0, 0.05) is 0 Å². The molecule has 2 aromatic carbocycles. The third-order valence-corrected chi connectivity index (χ3v) is 2.82. The summed E-state index contributed by atoms with van der Waals surface area (Å²) in [6, 6.07) is 16.6. The molecule has 22 heavy (non-hydrogen) atoms. The van der Waals surface area contributed by atoms with Crippen LogP contribution in [0.15, 0.2) is 66.9 Å². The van der Waals surface area contributed by atoms with Crippen LogP contribution in [0.5, 0.6) is 11.5 Å². The molecular formula is C18H18O4. The fourth-order valence-corrected chi connectivity index (χ4v) is 1.68. The summed E-state index contributed by atoms with van der Waals surface area (Å²) in [5.41, 5.74) is 1.16. The van der Waals surface area contributed by atoms with Gasteiger partial charge in [-0.3, -0.25) is 0 Å². The predicted octanol–water partition coefficient (Wildman–Crippen LogP) is 3.51. The Kier molecular flexibility index (Phi) is 5.60. The lowest BCUT2D eigenvalue weighted by Crippen LogP contribution is -2.16. The molecule has 114 valence electrons. The topological polar surface area (TPSA) is 44.8 Å². The minimum atomic E-state index is -0.601. The Morgan fingerprint density at radius 3 is 2.32 bits per heavy atom. The van der Waals surface area contributed by atoms with Crippen LogP contribution in [0, 0.1) is 6.92 Å². The van der Waals surface area contributed by atoms with Gasteiger partial charge in [-0.25, -0.2) is 4.79 Å². The number of ether oxygens (including phenoxy) is 3. The summed E-state index contributed by atoms with van der Waals surface area (Å²) in [5, 5.41) is 0. The smallest absolute Gasteiger partial charge is 0.373 e. The highest BCUT2D eigenvalue weighted by molar-refractivity contribution is 5.86. The second kappa shape index (κ2) is 7.88. The molecule has 2 rings (SSSR count). The molecule has 0 unspecified atom stereocenters. The van der Waals surface area contributed by atoms with Gasteiger partial charge in [0.25, 0.3) is 0 Å². The zero-order valence-electron chi connectivity index (χ0n) is 12.5. The first-order valence-corrected chi connectivity index (χ1v) is 6.93. The number of benzene rings is 2. The van der Waals surface area contributed by atoms with E-state index in [4.69, 9.17) is 14.2 Å². The van der Waals surface area contributed by atoms with Gasteiger partial charge in [-0.15, -0.1) is 0 Å². The molecular weight excluding hydrogens is 280 g/mol. The average Bonchev–Trinajstić information content (AvgIpc) is 2.54. The molecule has 0 fully saturated rings. The van der Waals surface area contributed by atoms with E-state index in [-0.39, 0.29) is 19.0 Å². The second-order valence-electron chi connectivity index (χ2n) is 4.64. The van der Waals surface area contributed by atoms with Crippen molar-refractivity contribution in [3.05, 3.63) is 72.5 Å². The normalized spacial score (nSPS) is 9.86. The van der Waals surface area contributed by atoms with Crippen molar-refractivity contribution >= 4 is 5.97 Å².